The van der Waals surface area contributed by atoms with E-state index in [1.165, 1.54) is 25.7 Å². The van der Waals surface area contributed by atoms with E-state index in [-0.39, 0.29) is 5.92 Å². The van der Waals surface area contributed by atoms with Gasteiger partial charge in [-0.1, -0.05) is 31.7 Å². The largest absolute Gasteiger partial charge is 0.481 e. The van der Waals surface area contributed by atoms with Crippen molar-refractivity contribution in [2.45, 2.75) is 44.4 Å². The van der Waals surface area contributed by atoms with Gasteiger partial charge in [-0.05, 0) is 30.2 Å². The first-order chi connectivity index (χ1) is 7.79. The van der Waals surface area contributed by atoms with E-state index in [2.05, 4.69) is 0 Å². The lowest BCUT2D eigenvalue weighted by Gasteiger charge is -2.21. The van der Waals surface area contributed by atoms with E-state index in [9.17, 15) is 9.90 Å². The summed E-state index contributed by atoms with van der Waals surface area (Å²) in [5.41, 5.74) is 0. The van der Waals surface area contributed by atoms with Gasteiger partial charge in [0.25, 0.3) is 0 Å². The molecule has 1 aliphatic rings. The second kappa shape index (κ2) is 5.48. The van der Waals surface area contributed by atoms with Crippen LogP contribution in [0.5, 0.6) is 0 Å². The molecule has 0 radical (unpaired) electrons. The Balaban J connectivity index is 2.15. The second-order valence-electron chi connectivity index (χ2n) is 4.58. The molecule has 2 nitrogen and oxygen atoms in total. The third-order valence-electron chi connectivity index (χ3n) is 3.49. The Kier molecular flexibility index (Phi) is 3.99. The van der Waals surface area contributed by atoms with Gasteiger partial charge < -0.3 is 5.11 Å². The van der Waals surface area contributed by atoms with Gasteiger partial charge in [0.15, 0.2) is 0 Å². The van der Waals surface area contributed by atoms with E-state index < -0.39 is 5.97 Å². The van der Waals surface area contributed by atoms with Crippen molar-refractivity contribution < 1.29 is 9.90 Å². The summed E-state index contributed by atoms with van der Waals surface area (Å²) in [5.74, 6) is -0.564. The van der Waals surface area contributed by atoms with Crippen LogP contribution in [0.15, 0.2) is 17.5 Å². The summed E-state index contributed by atoms with van der Waals surface area (Å²) >= 11 is 1.58. The van der Waals surface area contributed by atoms with Gasteiger partial charge >= 0.3 is 5.97 Å². The molecule has 0 aliphatic heterocycles. The van der Waals surface area contributed by atoms with Crippen molar-refractivity contribution in [3.8, 4) is 0 Å². The monoisotopic (exact) mass is 238 g/mol. The molecule has 1 aromatic rings. The molecule has 1 aliphatic carbocycles. The maximum absolute atomic E-state index is 11.4. The number of carboxylic acid groups (broad SMARTS) is 1. The minimum atomic E-state index is -0.644. The average Bonchev–Trinajstić information content (AvgIpc) is 2.62. The van der Waals surface area contributed by atoms with E-state index in [1.54, 1.807) is 11.3 Å². The van der Waals surface area contributed by atoms with Crippen LogP contribution in [-0.2, 0) is 4.79 Å². The number of hydrogen-bond acceptors (Lipinski definition) is 2. The summed E-state index contributed by atoms with van der Waals surface area (Å²) in [6.07, 6.45) is 7.09. The molecule has 1 N–H and O–H groups in total. The van der Waals surface area contributed by atoms with Crippen LogP contribution in [0.1, 0.15) is 49.3 Å². The zero-order valence-electron chi connectivity index (χ0n) is 9.39. The van der Waals surface area contributed by atoms with Crippen molar-refractivity contribution in [1.29, 1.82) is 0 Å². The Morgan fingerprint density at radius 3 is 2.50 bits per heavy atom. The Morgan fingerprint density at radius 2 is 2.00 bits per heavy atom. The Hall–Kier alpha value is -0.830. The first kappa shape index (κ1) is 11.6. The maximum Gasteiger partial charge on any atom is 0.312 e. The van der Waals surface area contributed by atoms with Gasteiger partial charge in [0.2, 0.25) is 0 Å². The minimum absolute atomic E-state index is 0.266. The topological polar surface area (TPSA) is 37.3 Å². The average molecular weight is 238 g/mol. The molecule has 1 fully saturated rings. The molecule has 0 spiro atoms. The van der Waals surface area contributed by atoms with Crippen molar-refractivity contribution in [2.24, 2.45) is 5.92 Å². The van der Waals surface area contributed by atoms with E-state index in [4.69, 9.17) is 0 Å². The molecule has 1 heterocycles. The Morgan fingerprint density at radius 1 is 1.31 bits per heavy atom. The summed E-state index contributed by atoms with van der Waals surface area (Å²) in [5, 5.41) is 11.4. The zero-order chi connectivity index (χ0) is 11.4. The highest BCUT2D eigenvalue weighted by molar-refractivity contribution is 7.10. The molecule has 0 bridgehead atoms. The molecule has 1 atom stereocenters. The van der Waals surface area contributed by atoms with Crippen LogP contribution >= 0.6 is 11.3 Å². The number of carboxylic acids is 1. The van der Waals surface area contributed by atoms with E-state index in [0.29, 0.717) is 5.92 Å². The van der Waals surface area contributed by atoms with Crippen LogP contribution in [0.3, 0.4) is 0 Å². The van der Waals surface area contributed by atoms with Gasteiger partial charge in [-0.3, -0.25) is 4.79 Å². The van der Waals surface area contributed by atoms with E-state index in [1.807, 2.05) is 17.5 Å². The molecular formula is C13H18O2S. The van der Waals surface area contributed by atoms with Gasteiger partial charge in [0, 0.05) is 4.88 Å². The van der Waals surface area contributed by atoms with Crippen molar-refractivity contribution in [3.63, 3.8) is 0 Å². The molecule has 1 aromatic heterocycles. The standard InChI is InChI=1S/C13H18O2S/c14-13(15)12(11-8-5-9-16-11)10-6-3-1-2-4-7-10/h5,8-10,12H,1-4,6-7H2,(H,14,15). The van der Waals surface area contributed by atoms with Crippen LogP contribution in [0.4, 0.5) is 0 Å². The first-order valence-electron chi connectivity index (χ1n) is 6.05. The quantitative estimate of drug-likeness (QED) is 0.811. The number of carbonyl (C=O) groups is 1. The van der Waals surface area contributed by atoms with Crippen molar-refractivity contribution in [3.05, 3.63) is 22.4 Å². The van der Waals surface area contributed by atoms with Gasteiger partial charge in [-0.2, -0.15) is 0 Å². The predicted molar refractivity (Wildman–Crippen MR) is 65.9 cm³/mol. The molecule has 16 heavy (non-hydrogen) atoms. The number of thiophene rings is 1. The predicted octanol–water partition coefficient (Wildman–Crippen LogP) is 3.89. The summed E-state index contributed by atoms with van der Waals surface area (Å²) < 4.78 is 0. The summed E-state index contributed by atoms with van der Waals surface area (Å²) in [6, 6.07) is 3.92. The van der Waals surface area contributed by atoms with Crippen LogP contribution in [0, 0.1) is 5.92 Å². The minimum Gasteiger partial charge on any atom is -0.481 e. The number of rotatable bonds is 3. The van der Waals surface area contributed by atoms with Gasteiger partial charge in [-0.15, -0.1) is 11.3 Å². The van der Waals surface area contributed by atoms with Crippen molar-refractivity contribution in [2.75, 3.05) is 0 Å². The lowest BCUT2D eigenvalue weighted by molar-refractivity contribution is -0.140. The molecular weight excluding hydrogens is 220 g/mol. The fourth-order valence-electron chi connectivity index (χ4n) is 2.67. The fraction of sp³-hybridized carbons (Fsp3) is 0.615. The van der Waals surface area contributed by atoms with E-state index in [0.717, 1.165) is 17.7 Å². The summed E-state index contributed by atoms with van der Waals surface area (Å²) in [4.78, 5) is 12.4. The molecule has 88 valence electrons. The summed E-state index contributed by atoms with van der Waals surface area (Å²) in [7, 11) is 0. The van der Waals surface area contributed by atoms with Crippen LogP contribution in [0.2, 0.25) is 0 Å². The Bertz CT molecular complexity index is 324. The van der Waals surface area contributed by atoms with Crippen molar-refractivity contribution >= 4 is 17.3 Å². The van der Waals surface area contributed by atoms with Gasteiger partial charge in [0.05, 0.1) is 5.92 Å². The molecule has 0 aromatic carbocycles. The molecule has 3 heteroatoms. The smallest absolute Gasteiger partial charge is 0.312 e. The van der Waals surface area contributed by atoms with Gasteiger partial charge in [0.1, 0.15) is 0 Å². The van der Waals surface area contributed by atoms with Crippen molar-refractivity contribution in [1.82, 2.24) is 0 Å². The maximum atomic E-state index is 11.4. The van der Waals surface area contributed by atoms with Crippen LogP contribution in [0.25, 0.3) is 0 Å². The molecule has 0 amide bonds. The van der Waals surface area contributed by atoms with Crippen LogP contribution in [-0.4, -0.2) is 11.1 Å². The second-order valence-corrected chi connectivity index (χ2v) is 5.56. The molecule has 0 saturated heterocycles. The third-order valence-corrected chi connectivity index (χ3v) is 4.44. The fourth-order valence-corrected chi connectivity index (χ4v) is 3.58. The number of aliphatic carboxylic acids is 1. The lowest BCUT2D eigenvalue weighted by Crippen LogP contribution is -2.20. The zero-order valence-corrected chi connectivity index (χ0v) is 10.2. The Labute approximate surface area is 100 Å². The molecule has 1 unspecified atom stereocenters. The van der Waals surface area contributed by atoms with E-state index >= 15 is 0 Å². The lowest BCUT2D eigenvalue weighted by atomic mass is 9.85. The normalized spacial score (nSPS) is 20.2. The highest BCUT2D eigenvalue weighted by atomic mass is 32.1. The summed E-state index contributed by atoms with van der Waals surface area (Å²) in [6.45, 7) is 0. The van der Waals surface area contributed by atoms with Crippen LogP contribution < -0.4 is 0 Å². The molecule has 1 saturated carbocycles. The highest BCUT2D eigenvalue weighted by Gasteiger charge is 2.30. The number of hydrogen-bond donors (Lipinski definition) is 1. The highest BCUT2D eigenvalue weighted by Crippen LogP contribution is 2.37. The third kappa shape index (κ3) is 2.64. The molecule has 2 rings (SSSR count). The van der Waals surface area contributed by atoms with Gasteiger partial charge in [-0.25, -0.2) is 0 Å². The SMILES string of the molecule is O=C(O)C(c1cccs1)C1CCCCCC1. The first-order valence-corrected chi connectivity index (χ1v) is 6.93.